The maximum atomic E-state index is 2.42. The van der Waals surface area contributed by atoms with E-state index in [1.165, 1.54) is 106 Å². The van der Waals surface area contributed by atoms with E-state index in [0.717, 1.165) is 102 Å². The van der Waals surface area contributed by atoms with Crippen LogP contribution in [-0.2, 0) is 0 Å². The lowest BCUT2D eigenvalue weighted by molar-refractivity contribution is 1.18. The number of anilines is 12. The SMILES string of the molecule is c1ccc(-c2ccc(N(c3ccccc3)c3cccc(N(c4cccc(-c5ccc6c7ccccc7n(-c7ccccc7)c6c5)c4)c4ccc5sc6ccccc6c5c4)c3)cc2)cc1.c1ccc(-c2cccc(N(c3ccccc3)c3cccc(N(c4cccc(-c5ccc6c7ccccc7n(-c7ccccc7)c6c5)c4)c4ccc5sc6ccccc6c5c4)c3)c2)cc1. The molecule has 0 amide bonds. The molecule has 24 rings (SSSR count). The Balaban J connectivity index is 0.000000146. The number of hydrogen-bond acceptors (Lipinski definition) is 6. The Hall–Kier alpha value is -16.4. The zero-order valence-corrected chi connectivity index (χ0v) is 71.5. The largest absolute Gasteiger partial charge is 0.310 e. The van der Waals surface area contributed by atoms with Crippen LogP contribution in [0.15, 0.2) is 497 Å². The van der Waals surface area contributed by atoms with Gasteiger partial charge in [-0.1, -0.05) is 291 Å². The third kappa shape index (κ3) is 14.4. The summed E-state index contributed by atoms with van der Waals surface area (Å²) in [5.74, 6) is 0. The van der Waals surface area contributed by atoms with Crippen molar-refractivity contribution in [1.29, 1.82) is 0 Å². The molecule has 0 unspecified atom stereocenters. The summed E-state index contributed by atoms with van der Waals surface area (Å²) >= 11 is 3.70. The van der Waals surface area contributed by atoms with Crippen LogP contribution in [0.1, 0.15) is 0 Å². The Morgan fingerprint density at radius 2 is 0.375 bits per heavy atom. The van der Waals surface area contributed by atoms with E-state index >= 15 is 0 Å². The smallest absolute Gasteiger partial charge is 0.0547 e. The van der Waals surface area contributed by atoms with Crippen LogP contribution in [0.3, 0.4) is 0 Å². The fourth-order valence-electron chi connectivity index (χ4n) is 18.7. The van der Waals surface area contributed by atoms with Crippen LogP contribution in [0.4, 0.5) is 68.2 Å². The molecule has 128 heavy (non-hydrogen) atoms. The molecule has 0 atom stereocenters. The highest BCUT2D eigenvalue weighted by atomic mass is 32.1. The lowest BCUT2D eigenvalue weighted by atomic mass is 10.0. The van der Waals surface area contributed by atoms with Gasteiger partial charge >= 0.3 is 0 Å². The molecular weight excluding hydrogens is 1590 g/mol. The van der Waals surface area contributed by atoms with Crippen molar-refractivity contribution in [2.45, 2.75) is 0 Å². The quantitative estimate of drug-likeness (QED) is 0.0854. The van der Waals surface area contributed by atoms with Gasteiger partial charge < -0.3 is 28.7 Å². The van der Waals surface area contributed by atoms with Crippen molar-refractivity contribution in [2.24, 2.45) is 0 Å². The average molecular weight is 1670 g/mol. The van der Waals surface area contributed by atoms with E-state index in [1.54, 1.807) is 0 Å². The summed E-state index contributed by atoms with van der Waals surface area (Å²) in [6.07, 6.45) is 0. The molecule has 0 radical (unpaired) electrons. The summed E-state index contributed by atoms with van der Waals surface area (Å²) in [5.41, 5.74) is 29.4. The second-order valence-electron chi connectivity index (χ2n) is 32.4. The predicted molar refractivity (Wildman–Crippen MR) is 548 cm³/mol. The number of nitrogens with zero attached hydrogens (tertiary/aromatic N) is 6. The molecule has 0 spiro atoms. The van der Waals surface area contributed by atoms with E-state index in [2.05, 4.69) is 526 Å². The summed E-state index contributed by atoms with van der Waals surface area (Å²) in [6, 6.07) is 180. The van der Waals surface area contributed by atoms with E-state index in [1.807, 2.05) is 22.7 Å². The Bertz CT molecular complexity index is 8210. The fourth-order valence-corrected chi connectivity index (χ4v) is 20.9. The van der Waals surface area contributed by atoms with Crippen molar-refractivity contribution < 1.29 is 0 Å². The number of para-hydroxylation sites is 6. The summed E-state index contributed by atoms with van der Waals surface area (Å²) in [4.78, 5) is 9.55. The number of fused-ring (bicyclic) bond motifs is 12. The molecule has 24 aromatic rings. The average Bonchev–Trinajstić information content (AvgIpc) is 1.56. The molecule has 4 heterocycles. The Kier molecular flexibility index (Phi) is 19.9. The summed E-state index contributed by atoms with van der Waals surface area (Å²) in [7, 11) is 0. The van der Waals surface area contributed by atoms with E-state index in [9.17, 15) is 0 Å². The summed E-state index contributed by atoms with van der Waals surface area (Å²) in [6.45, 7) is 0. The third-order valence-electron chi connectivity index (χ3n) is 24.7. The number of aromatic nitrogens is 2. The monoisotopic (exact) mass is 1670 g/mol. The Morgan fingerprint density at radius 1 is 0.133 bits per heavy atom. The van der Waals surface area contributed by atoms with Gasteiger partial charge in [0.15, 0.2) is 0 Å². The molecule has 0 fully saturated rings. The molecule has 8 heteroatoms. The van der Waals surface area contributed by atoms with Gasteiger partial charge in [0.05, 0.1) is 22.1 Å². The van der Waals surface area contributed by atoms with Gasteiger partial charge in [0.1, 0.15) is 0 Å². The topological polar surface area (TPSA) is 22.8 Å². The van der Waals surface area contributed by atoms with Crippen LogP contribution in [0.2, 0.25) is 0 Å². The van der Waals surface area contributed by atoms with Crippen molar-refractivity contribution in [3.63, 3.8) is 0 Å². The number of rotatable bonds is 18. The Labute approximate surface area is 751 Å². The molecule has 0 saturated heterocycles. The van der Waals surface area contributed by atoms with E-state index in [4.69, 9.17) is 0 Å². The highest BCUT2D eigenvalue weighted by Gasteiger charge is 2.25. The normalized spacial score (nSPS) is 11.4. The highest BCUT2D eigenvalue weighted by Crippen LogP contribution is 2.49. The third-order valence-corrected chi connectivity index (χ3v) is 27.0. The highest BCUT2D eigenvalue weighted by molar-refractivity contribution is 7.26. The molecule has 0 aliphatic carbocycles. The summed E-state index contributed by atoms with van der Waals surface area (Å²) < 4.78 is 9.94. The van der Waals surface area contributed by atoms with E-state index < -0.39 is 0 Å². The summed E-state index contributed by atoms with van der Waals surface area (Å²) in [5, 5.41) is 10.1. The first-order valence-corrected chi connectivity index (χ1v) is 45.1. The number of benzene rings is 20. The predicted octanol–water partition coefficient (Wildman–Crippen LogP) is 34.9. The standard InChI is InChI=1S/2C60H41N3S/c1-4-17-42(18-5-1)43-19-14-25-48(37-43)61(46-21-6-2-7-22-46)50-27-16-28-51(40-50)62(52-34-36-60-56(41-52)55-30-11-13-32-59(55)64-60)49-26-15-20-44(38-49)45-33-35-54-53-29-10-12-31-57(53)63(58(54)39-45)47-23-8-3-9-24-47;1-4-16-42(17-5-1)43-30-33-48(34-31-43)61(46-19-6-2-7-20-46)50-24-15-25-51(40-50)62(52-35-37-60-56(41-52)55-27-11-13-29-59(55)64-60)49-23-14-18-44(38-49)45-32-36-54-53-26-10-12-28-57(53)63(58(54)39-45)47-21-8-3-9-22-47/h2*1-41H. The first kappa shape index (κ1) is 76.5. The molecule has 4 aromatic heterocycles. The molecule has 604 valence electrons. The molecule has 0 aliphatic heterocycles. The molecule has 20 aromatic carbocycles. The minimum Gasteiger partial charge on any atom is -0.310 e. The van der Waals surface area contributed by atoms with Crippen molar-refractivity contribution >= 4 is 175 Å². The lowest BCUT2D eigenvalue weighted by Crippen LogP contribution is -2.13. The van der Waals surface area contributed by atoms with Gasteiger partial charge in [0, 0.05) is 142 Å². The maximum Gasteiger partial charge on any atom is 0.0547 e. The van der Waals surface area contributed by atoms with Crippen molar-refractivity contribution in [3.8, 4) is 55.9 Å². The molecule has 0 bridgehead atoms. The zero-order valence-electron chi connectivity index (χ0n) is 69.8. The van der Waals surface area contributed by atoms with Gasteiger partial charge in [-0.15, -0.1) is 22.7 Å². The van der Waals surface area contributed by atoms with Gasteiger partial charge in [-0.2, -0.15) is 0 Å². The van der Waals surface area contributed by atoms with Gasteiger partial charge in [-0.05, 0) is 251 Å². The second-order valence-corrected chi connectivity index (χ2v) is 34.5. The van der Waals surface area contributed by atoms with Crippen molar-refractivity contribution in [1.82, 2.24) is 9.13 Å². The molecular formula is C120H82N6S2. The fraction of sp³-hybridized carbons (Fsp3) is 0. The van der Waals surface area contributed by atoms with Crippen molar-refractivity contribution in [2.75, 3.05) is 19.6 Å². The number of hydrogen-bond donors (Lipinski definition) is 0. The van der Waals surface area contributed by atoms with Crippen LogP contribution in [0.5, 0.6) is 0 Å². The van der Waals surface area contributed by atoms with E-state index in [0.29, 0.717) is 0 Å². The van der Waals surface area contributed by atoms with Crippen LogP contribution in [-0.4, -0.2) is 9.13 Å². The molecule has 6 nitrogen and oxygen atoms in total. The molecule has 0 N–H and O–H groups in total. The zero-order chi connectivity index (χ0) is 84.8. The molecule has 0 saturated carbocycles. The molecule has 0 aliphatic rings. The lowest BCUT2D eigenvalue weighted by Gasteiger charge is -2.30. The van der Waals surface area contributed by atoms with Gasteiger partial charge in [-0.25, -0.2) is 0 Å². The van der Waals surface area contributed by atoms with Crippen LogP contribution < -0.4 is 19.6 Å². The van der Waals surface area contributed by atoms with Crippen LogP contribution in [0, 0.1) is 0 Å². The van der Waals surface area contributed by atoms with Gasteiger partial charge in [0.25, 0.3) is 0 Å². The number of thiophene rings is 2. The minimum absolute atomic E-state index is 1.06. The Morgan fingerprint density at radius 3 is 0.789 bits per heavy atom. The first-order chi connectivity index (χ1) is 63.5. The maximum absolute atomic E-state index is 2.42. The van der Waals surface area contributed by atoms with Crippen molar-refractivity contribution in [3.05, 3.63) is 497 Å². The second kappa shape index (κ2) is 33.4. The van der Waals surface area contributed by atoms with E-state index in [-0.39, 0.29) is 0 Å². The van der Waals surface area contributed by atoms with Gasteiger partial charge in [0.2, 0.25) is 0 Å². The van der Waals surface area contributed by atoms with Gasteiger partial charge in [-0.3, -0.25) is 0 Å². The van der Waals surface area contributed by atoms with Crippen LogP contribution in [0.25, 0.3) is 140 Å². The van der Waals surface area contributed by atoms with Crippen LogP contribution >= 0.6 is 22.7 Å². The minimum atomic E-state index is 1.06. The first-order valence-electron chi connectivity index (χ1n) is 43.5.